The summed E-state index contributed by atoms with van der Waals surface area (Å²) in [6.45, 7) is 2.68. The number of aromatic amines is 2. The van der Waals surface area contributed by atoms with Crippen molar-refractivity contribution in [3.05, 3.63) is 102 Å². The number of H-pyrrole nitrogens is 2. The second kappa shape index (κ2) is 6.93. The minimum atomic E-state index is 0.128. The number of aromatic nitrogens is 2. The molecule has 0 atom stereocenters. The Hall–Kier alpha value is -3.46. The van der Waals surface area contributed by atoms with E-state index < -0.39 is 0 Å². The largest absolute Gasteiger partial charge is 0.494 e. The molecule has 3 nitrogen and oxygen atoms in total. The Morgan fingerprint density at radius 2 is 1.25 bits per heavy atom. The highest BCUT2D eigenvalue weighted by atomic mass is 16.5. The summed E-state index contributed by atoms with van der Waals surface area (Å²) in [7, 11) is 0. The molecule has 0 fully saturated rings. The van der Waals surface area contributed by atoms with Gasteiger partial charge in [0.2, 0.25) is 0 Å². The van der Waals surface area contributed by atoms with Gasteiger partial charge in [-0.2, -0.15) is 0 Å². The summed E-state index contributed by atoms with van der Waals surface area (Å²) < 4.78 is 5.65. The summed E-state index contributed by atoms with van der Waals surface area (Å²) in [5.41, 5.74) is 6.13. The van der Waals surface area contributed by atoms with Crippen LogP contribution in [0.5, 0.6) is 5.75 Å². The first-order valence-corrected chi connectivity index (χ1v) is 9.70. The summed E-state index contributed by atoms with van der Waals surface area (Å²) in [5.74, 6) is 1.03. The fourth-order valence-corrected chi connectivity index (χ4v) is 4.12. The molecule has 2 aromatic heterocycles. The van der Waals surface area contributed by atoms with Crippen LogP contribution in [0.2, 0.25) is 0 Å². The van der Waals surface area contributed by atoms with Crippen molar-refractivity contribution in [2.24, 2.45) is 0 Å². The van der Waals surface area contributed by atoms with Crippen molar-refractivity contribution in [1.82, 2.24) is 9.97 Å². The van der Waals surface area contributed by atoms with Crippen molar-refractivity contribution in [2.45, 2.75) is 12.8 Å². The van der Waals surface area contributed by atoms with Crippen LogP contribution >= 0.6 is 0 Å². The Morgan fingerprint density at radius 3 is 1.79 bits per heavy atom. The van der Waals surface area contributed by atoms with Gasteiger partial charge >= 0.3 is 0 Å². The molecular weight excluding hydrogens is 344 g/mol. The first kappa shape index (κ1) is 16.7. The monoisotopic (exact) mass is 366 g/mol. The van der Waals surface area contributed by atoms with Crippen LogP contribution in [0, 0.1) is 0 Å². The van der Waals surface area contributed by atoms with Crippen LogP contribution < -0.4 is 4.74 Å². The number of para-hydroxylation sites is 2. The lowest BCUT2D eigenvalue weighted by Gasteiger charge is -2.18. The third kappa shape index (κ3) is 2.76. The van der Waals surface area contributed by atoms with E-state index in [1.54, 1.807) is 0 Å². The minimum absolute atomic E-state index is 0.128. The third-order valence-electron chi connectivity index (χ3n) is 5.39. The molecule has 5 aromatic rings. The van der Waals surface area contributed by atoms with E-state index in [0.29, 0.717) is 6.61 Å². The average Bonchev–Trinajstić information content (AvgIpc) is 3.35. The maximum absolute atomic E-state index is 5.65. The molecule has 0 aliphatic rings. The Kier molecular flexibility index (Phi) is 4.13. The molecule has 0 saturated heterocycles. The van der Waals surface area contributed by atoms with Gasteiger partial charge in [-0.05, 0) is 47.9 Å². The molecule has 0 bridgehead atoms. The van der Waals surface area contributed by atoms with Gasteiger partial charge in [-0.25, -0.2) is 0 Å². The van der Waals surface area contributed by atoms with Gasteiger partial charge < -0.3 is 14.7 Å². The van der Waals surface area contributed by atoms with Crippen molar-refractivity contribution in [1.29, 1.82) is 0 Å². The van der Waals surface area contributed by atoms with Crippen molar-refractivity contribution >= 4 is 21.8 Å². The Balaban J connectivity index is 1.72. The van der Waals surface area contributed by atoms with Gasteiger partial charge in [0.25, 0.3) is 0 Å². The molecule has 0 aliphatic heterocycles. The van der Waals surface area contributed by atoms with E-state index >= 15 is 0 Å². The number of hydrogen-bond acceptors (Lipinski definition) is 1. The third-order valence-corrected chi connectivity index (χ3v) is 5.39. The maximum Gasteiger partial charge on any atom is 0.119 e. The lowest BCUT2D eigenvalue weighted by Crippen LogP contribution is -2.02. The van der Waals surface area contributed by atoms with E-state index in [1.165, 1.54) is 27.5 Å². The van der Waals surface area contributed by atoms with Gasteiger partial charge in [0.05, 0.1) is 6.61 Å². The van der Waals surface area contributed by atoms with Crippen LogP contribution in [0.1, 0.15) is 29.5 Å². The molecule has 5 rings (SSSR count). The SMILES string of the molecule is CCOc1ccc(C(c2c[nH]c3ccccc23)c2c[nH]c3ccccc23)cc1. The number of nitrogens with one attached hydrogen (secondary N) is 2. The van der Waals surface area contributed by atoms with E-state index in [2.05, 4.69) is 95.2 Å². The van der Waals surface area contributed by atoms with Crippen LogP contribution in [0.3, 0.4) is 0 Å². The number of fused-ring (bicyclic) bond motifs is 2. The summed E-state index contributed by atoms with van der Waals surface area (Å²) in [5, 5.41) is 2.51. The molecule has 3 heteroatoms. The number of hydrogen-bond donors (Lipinski definition) is 2. The van der Waals surface area contributed by atoms with Crippen LogP contribution in [-0.4, -0.2) is 16.6 Å². The summed E-state index contributed by atoms with van der Waals surface area (Å²) >= 11 is 0. The van der Waals surface area contributed by atoms with E-state index in [9.17, 15) is 0 Å². The molecule has 2 heterocycles. The molecular formula is C25H22N2O. The smallest absolute Gasteiger partial charge is 0.119 e. The molecule has 0 unspecified atom stereocenters. The van der Waals surface area contributed by atoms with Gasteiger partial charge in [-0.15, -0.1) is 0 Å². The second-order valence-electron chi connectivity index (χ2n) is 7.01. The first-order valence-electron chi connectivity index (χ1n) is 9.70. The van der Waals surface area contributed by atoms with E-state index in [-0.39, 0.29) is 5.92 Å². The highest BCUT2D eigenvalue weighted by Crippen LogP contribution is 2.39. The van der Waals surface area contributed by atoms with Crippen molar-refractivity contribution in [2.75, 3.05) is 6.61 Å². The van der Waals surface area contributed by atoms with Gasteiger partial charge in [0.1, 0.15) is 5.75 Å². The maximum atomic E-state index is 5.65. The Bertz CT molecular complexity index is 1160. The fraction of sp³-hybridized carbons (Fsp3) is 0.120. The zero-order valence-electron chi connectivity index (χ0n) is 15.8. The zero-order chi connectivity index (χ0) is 18.9. The standard InChI is InChI=1S/C25H22N2O/c1-2-28-18-13-11-17(12-14-18)25(21-15-26-23-9-5-3-7-19(21)23)22-16-27-24-10-6-4-8-20(22)24/h3-16,25-27H,2H2,1H3. The normalized spacial score (nSPS) is 11.5. The lowest BCUT2D eigenvalue weighted by molar-refractivity contribution is 0.340. The summed E-state index contributed by atoms with van der Waals surface area (Å²) in [6, 6.07) is 25.5. The van der Waals surface area contributed by atoms with E-state index in [0.717, 1.165) is 16.8 Å². The highest BCUT2D eigenvalue weighted by Gasteiger charge is 2.23. The molecule has 0 radical (unpaired) electrons. The molecule has 2 N–H and O–H groups in total. The lowest BCUT2D eigenvalue weighted by atomic mass is 9.85. The predicted molar refractivity (Wildman–Crippen MR) is 115 cm³/mol. The Morgan fingerprint density at radius 1 is 0.714 bits per heavy atom. The number of rotatable bonds is 5. The topological polar surface area (TPSA) is 40.8 Å². The Labute approximate surface area is 164 Å². The van der Waals surface area contributed by atoms with Crippen LogP contribution in [0.25, 0.3) is 21.8 Å². The molecule has 0 amide bonds. The van der Waals surface area contributed by atoms with E-state index in [4.69, 9.17) is 4.74 Å². The number of benzene rings is 3. The minimum Gasteiger partial charge on any atom is -0.494 e. The molecule has 3 aromatic carbocycles. The summed E-state index contributed by atoms with van der Waals surface area (Å²) in [4.78, 5) is 6.89. The fourth-order valence-electron chi connectivity index (χ4n) is 4.12. The van der Waals surface area contributed by atoms with Crippen LogP contribution in [0.15, 0.2) is 85.2 Å². The zero-order valence-corrected chi connectivity index (χ0v) is 15.8. The second-order valence-corrected chi connectivity index (χ2v) is 7.01. The first-order chi connectivity index (χ1) is 13.8. The number of ether oxygens (including phenoxy) is 1. The van der Waals surface area contributed by atoms with Crippen molar-refractivity contribution < 1.29 is 4.74 Å². The van der Waals surface area contributed by atoms with Gasteiger partial charge in [-0.3, -0.25) is 0 Å². The van der Waals surface area contributed by atoms with Crippen LogP contribution in [-0.2, 0) is 0 Å². The predicted octanol–water partition coefficient (Wildman–Crippen LogP) is 6.23. The average molecular weight is 366 g/mol. The van der Waals surface area contributed by atoms with Crippen molar-refractivity contribution in [3.8, 4) is 5.75 Å². The quantitative estimate of drug-likeness (QED) is 0.380. The van der Waals surface area contributed by atoms with Crippen LogP contribution in [0.4, 0.5) is 0 Å². The molecule has 28 heavy (non-hydrogen) atoms. The summed E-state index contributed by atoms with van der Waals surface area (Å²) in [6.07, 6.45) is 4.29. The molecule has 0 saturated carbocycles. The van der Waals surface area contributed by atoms with E-state index in [1.807, 2.05) is 6.92 Å². The van der Waals surface area contributed by atoms with Gasteiger partial charge in [0.15, 0.2) is 0 Å². The molecule has 138 valence electrons. The molecule has 0 spiro atoms. The molecule has 0 aliphatic carbocycles. The van der Waals surface area contributed by atoms with Crippen molar-refractivity contribution in [3.63, 3.8) is 0 Å². The van der Waals surface area contributed by atoms with Gasteiger partial charge in [-0.1, -0.05) is 48.5 Å². The highest BCUT2D eigenvalue weighted by molar-refractivity contribution is 5.89. The van der Waals surface area contributed by atoms with Gasteiger partial charge in [0, 0.05) is 40.1 Å².